The van der Waals surface area contributed by atoms with Crippen molar-refractivity contribution in [2.24, 2.45) is 5.92 Å². The third-order valence-corrected chi connectivity index (χ3v) is 2.93. The summed E-state index contributed by atoms with van der Waals surface area (Å²) in [5.74, 6) is 0.309. The molecule has 1 aromatic rings. The molecule has 3 N–H and O–H groups in total. The average molecular weight is 264 g/mol. The summed E-state index contributed by atoms with van der Waals surface area (Å²) in [5, 5.41) is 2.85. The van der Waals surface area contributed by atoms with Crippen molar-refractivity contribution in [3.05, 3.63) is 24.3 Å². The van der Waals surface area contributed by atoms with Gasteiger partial charge in [-0.3, -0.25) is 9.59 Å². The smallest absolute Gasteiger partial charge is 0.293 e. The van der Waals surface area contributed by atoms with Gasteiger partial charge in [0.05, 0.1) is 18.0 Å². The van der Waals surface area contributed by atoms with Crippen LogP contribution in [0.15, 0.2) is 24.3 Å². The minimum absolute atomic E-state index is 0.106. The second-order valence-electron chi connectivity index (χ2n) is 4.26. The molecule has 0 unspecified atom stereocenters. The number of nitrogens with one attached hydrogen (secondary N) is 1. The quantitative estimate of drug-likeness (QED) is 0.645. The van der Waals surface area contributed by atoms with Crippen molar-refractivity contribution in [1.29, 1.82) is 0 Å². The largest absolute Gasteiger partial charge is 0.468 e. The van der Waals surface area contributed by atoms with Gasteiger partial charge in [-0.2, -0.15) is 0 Å². The molecule has 2 rings (SSSR count). The molecule has 1 aliphatic carbocycles. The van der Waals surface area contributed by atoms with Crippen LogP contribution in [-0.4, -0.2) is 19.0 Å². The van der Waals surface area contributed by atoms with Crippen LogP contribution in [0.25, 0.3) is 0 Å². The predicted octanol–water partition coefficient (Wildman–Crippen LogP) is 2.19. The molecule has 0 radical (unpaired) electrons. The van der Waals surface area contributed by atoms with Crippen molar-refractivity contribution in [1.82, 2.24) is 0 Å². The summed E-state index contributed by atoms with van der Waals surface area (Å²) in [6, 6.07) is 7.34. The maximum absolute atomic E-state index is 11.6. The minimum atomic E-state index is 0.106. The number of carbonyl (C=O) groups excluding carboxylic acids is 2. The number of para-hydroxylation sites is 2. The van der Waals surface area contributed by atoms with E-state index in [4.69, 9.17) is 5.73 Å². The van der Waals surface area contributed by atoms with E-state index in [0.717, 1.165) is 18.5 Å². The number of amides is 1. The van der Waals surface area contributed by atoms with Gasteiger partial charge in [-0.25, -0.2) is 0 Å². The number of hydrogen-bond acceptors (Lipinski definition) is 4. The van der Waals surface area contributed by atoms with E-state index in [-0.39, 0.29) is 11.8 Å². The highest BCUT2D eigenvalue weighted by Crippen LogP contribution is 2.28. The van der Waals surface area contributed by atoms with Crippen LogP contribution in [0.2, 0.25) is 0 Å². The first-order valence-electron chi connectivity index (χ1n) is 6.39. The Morgan fingerprint density at radius 2 is 2.16 bits per heavy atom. The molecular formula is C14H20N2O3. The molecule has 5 nitrogen and oxygen atoms in total. The molecule has 104 valence electrons. The van der Waals surface area contributed by atoms with Crippen LogP contribution in [0.4, 0.5) is 11.4 Å². The normalized spacial score (nSPS) is 13.5. The van der Waals surface area contributed by atoms with Gasteiger partial charge in [0.25, 0.3) is 6.47 Å². The van der Waals surface area contributed by atoms with Gasteiger partial charge in [-0.1, -0.05) is 18.6 Å². The van der Waals surface area contributed by atoms with Crippen molar-refractivity contribution >= 4 is 23.8 Å². The number of benzene rings is 1. The lowest BCUT2D eigenvalue weighted by Gasteiger charge is -2.24. The topological polar surface area (TPSA) is 81.4 Å². The number of nitrogen functional groups attached to an aromatic ring is 1. The Morgan fingerprint density at radius 1 is 1.47 bits per heavy atom. The second-order valence-corrected chi connectivity index (χ2v) is 4.26. The van der Waals surface area contributed by atoms with Crippen LogP contribution in [0.5, 0.6) is 0 Å². The Hall–Kier alpha value is -2.04. The first kappa shape index (κ1) is 15.0. The third kappa shape index (κ3) is 4.99. The molecule has 0 heterocycles. The summed E-state index contributed by atoms with van der Waals surface area (Å²) in [4.78, 5) is 20.8. The standard InChI is InChI=1S/C11H14N2O.C3H6O2/c12-9-6-1-2-7-10(9)13-11(14)8-4-3-5-8;1-2-5-3-4/h1-2,6-8H,3-5,12H2,(H,13,14);3H,2H2,1H3. The van der Waals surface area contributed by atoms with Crippen LogP contribution in [0.3, 0.4) is 0 Å². The molecule has 0 saturated heterocycles. The highest BCUT2D eigenvalue weighted by Gasteiger charge is 2.25. The number of carbonyl (C=O) groups is 2. The Labute approximate surface area is 113 Å². The van der Waals surface area contributed by atoms with Gasteiger partial charge in [0.15, 0.2) is 0 Å². The third-order valence-electron chi connectivity index (χ3n) is 2.93. The molecule has 1 aromatic carbocycles. The Balaban J connectivity index is 0.000000312. The van der Waals surface area contributed by atoms with Crippen molar-refractivity contribution in [2.45, 2.75) is 26.2 Å². The number of hydrogen-bond donors (Lipinski definition) is 2. The molecule has 5 heteroatoms. The van der Waals surface area contributed by atoms with Crippen molar-refractivity contribution in [3.63, 3.8) is 0 Å². The van der Waals surface area contributed by atoms with Crippen molar-refractivity contribution in [2.75, 3.05) is 17.7 Å². The Morgan fingerprint density at radius 3 is 2.58 bits per heavy atom. The lowest BCUT2D eigenvalue weighted by Crippen LogP contribution is -2.28. The molecular weight excluding hydrogens is 244 g/mol. The highest BCUT2D eigenvalue weighted by atomic mass is 16.5. The van der Waals surface area contributed by atoms with Gasteiger partial charge in [0, 0.05) is 5.92 Å². The van der Waals surface area contributed by atoms with Gasteiger partial charge < -0.3 is 15.8 Å². The summed E-state index contributed by atoms with van der Waals surface area (Å²) in [5.41, 5.74) is 7.07. The van der Waals surface area contributed by atoms with E-state index in [9.17, 15) is 9.59 Å². The first-order chi connectivity index (χ1) is 9.19. The molecule has 1 saturated carbocycles. The monoisotopic (exact) mass is 264 g/mol. The van der Waals surface area contributed by atoms with Crippen LogP contribution < -0.4 is 11.1 Å². The van der Waals surface area contributed by atoms with E-state index in [1.165, 1.54) is 6.42 Å². The second kappa shape index (κ2) is 8.13. The number of anilines is 2. The fourth-order valence-corrected chi connectivity index (χ4v) is 1.58. The number of nitrogens with two attached hydrogens (primary N) is 1. The zero-order chi connectivity index (χ0) is 14.1. The molecule has 1 fully saturated rings. The summed E-state index contributed by atoms with van der Waals surface area (Å²) in [6.45, 7) is 2.66. The van der Waals surface area contributed by atoms with E-state index >= 15 is 0 Å². The van der Waals surface area contributed by atoms with E-state index in [1.807, 2.05) is 18.2 Å². The molecule has 0 bridgehead atoms. The van der Waals surface area contributed by atoms with E-state index in [2.05, 4.69) is 10.1 Å². The Bertz CT molecular complexity index is 417. The van der Waals surface area contributed by atoms with Gasteiger partial charge >= 0.3 is 0 Å². The van der Waals surface area contributed by atoms with Crippen LogP contribution in [-0.2, 0) is 14.3 Å². The van der Waals surface area contributed by atoms with Gasteiger partial charge in [-0.05, 0) is 31.9 Å². The molecule has 1 aliphatic rings. The summed E-state index contributed by atoms with van der Waals surface area (Å²) < 4.78 is 4.15. The maximum atomic E-state index is 11.6. The summed E-state index contributed by atoms with van der Waals surface area (Å²) in [6.07, 6.45) is 3.19. The van der Waals surface area contributed by atoms with Gasteiger partial charge in [0.1, 0.15) is 0 Å². The zero-order valence-electron chi connectivity index (χ0n) is 11.1. The molecule has 1 amide bonds. The summed E-state index contributed by atoms with van der Waals surface area (Å²) >= 11 is 0. The fraction of sp³-hybridized carbons (Fsp3) is 0.429. The molecule has 19 heavy (non-hydrogen) atoms. The van der Waals surface area contributed by atoms with E-state index in [0.29, 0.717) is 18.8 Å². The number of rotatable bonds is 4. The predicted molar refractivity (Wildman–Crippen MR) is 74.5 cm³/mol. The maximum Gasteiger partial charge on any atom is 0.293 e. The zero-order valence-corrected chi connectivity index (χ0v) is 11.1. The van der Waals surface area contributed by atoms with Crippen LogP contribution in [0, 0.1) is 5.92 Å². The fourth-order valence-electron chi connectivity index (χ4n) is 1.58. The lowest BCUT2D eigenvalue weighted by molar-refractivity contribution is -0.128. The molecule has 0 spiro atoms. The average Bonchev–Trinajstić information content (AvgIpc) is 2.32. The highest BCUT2D eigenvalue weighted by molar-refractivity contribution is 5.95. The molecule has 0 aliphatic heterocycles. The minimum Gasteiger partial charge on any atom is -0.468 e. The lowest BCUT2D eigenvalue weighted by atomic mass is 9.85. The molecule has 0 atom stereocenters. The van der Waals surface area contributed by atoms with Crippen LogP contribution >= 0.6 is 0 Å². The molecule has 0 aromatic heterocycles. The Kier molecular flexibility index (Phi) is 6.43. The number of ether oxygens (including phenoxy) is 1. The van der Waals surface area contributed by atoms with Crippen molar-refractivity contribution < 1.29 is 14.3 Å². The summed E-state index contributed by atoms with van der Waals surface area (Å²) in [7, 11) is 0. The van der Waals surface area contributed by atoms with E-state index < -0.39 is 0 Å². The van der Waals surface area contributed by atoms with Crippen LogP contribution in [0.1, 0.15) is 26.2 Å². The van der Waals surface area contributed by atoms with E-state index in [1.54, 1.807) is 13.0 Å². The SMILES string of the molecule is CCOC=O.Nc1ccccc1NC(=O)C1CCC1. The van der Waals surface area contributed by atoms with Crippen molar-refractivity contribution in [3.8, 4) is 0 Å². The van der Waals surface area contributed by atoms with Gasteiger partial charge in [0.2, 0.25) is 5.91 Å². The van der Waals surface area contributed by atoms with Gasteiger partial charge in [-0.15, -0.1) is 0 Å². The first-order valence-corrected chi connectivity index (χ1v) is 6.39.